The first-order valence-corrected chi connectivity index (χ1v) is 9.28. The molecule has 1 atom stereocenters. The van der Waals surface area contributed by atoms with Crippen LogP contribution in [0.1, 0.15) is 37.1 Å². The highest BCUT2D eigenvalue weighted by Gasteiger charge is 2.31. The summed E-state index contributed by atoms with van der Waals surface area (Å²) in [5, 5.41) is 3.37. The predicted molar refractivity (Wildman–Crippen MR) is 97.3 cm³/mol. The van der Waals surface area contributed by atoms with Crippen LogP contribution in [-0.2, 0) is 12.8 Å². The summed E-state index contributed by atoms with van der Waals surface area (Å²) in [4.78, 5) is 13.1. The van der Waals surface area contributed by atoms with E-state index in [0.717, 1.165) is 43.7 Å². The van der Waals surface area contributed by atoms with Crippen LogP contribution in [0.5, 0.6) is 0 Å². The molecule has 0 saturated carbocycles. The molecule has 1 fully saturated rings. The van der Waals surface area contributed by atoms with Gasteiger partial charge in [0, 0.05) is 24.0 Å². The van der Waals surface area contributed by atoms with Crippen LogP contribution in [0.2, 0.25) is 0 Å². The molecule has 1 aliphatic heterocycles. The van der Waals surface area contributed by atoms with E-state index >= 15 is 0 Å². The van der Waals surface area contributed by atoms with Crippen molar-refractivity contribution in [2.24, 2.45) is 5.41 Å². The summed E-state index contributed by atoms with van der Waals surface area (Å²) in [6, 6.07) is 0.537. The molecule has 1 aliphatic carbocycles. The molecule has 3 N–H and O–H groups in total. The van der Waals surface area contributed by atoms with E-state index in [-0.39, 0.29) is 0 Å². The zero-order chi connectivity index (χ0) is 16.2. The molecule has 0 amide bonds. The molecule has 1 saturated heterocycles. The van der Waals surface area contributed by atoms with Gasteiger partial charge in [0.15, 0.2) is 5.82 Å². The van der Waals surface area contributed by atoms with Crippen LogP contribution in [0.25, 0.3) is 10.2 Å². The monoisotopic (exact) mass is 331 g/mol. The third kappa shape index (κ3) is 2.58. The number of fused-ring (bicyclic) bond motifs is 3. The van der Waals surface area contributed by atoms with Crippen LogP contribution in [0.3, 0.4) is 0 Å². The van der Waals surface area contributed by atoms with Gasteiger partial charge in [-0.25, -0.2) is 4.98 Å². The molecule has 2 aromatic rings. The van der Waals surface area contributed by atoms with Crippen molar-refractivity contribution in [3.63, 3.8) is 0 Å². The Balaban J connectivity index is 1.82. The van der Waals surface area contributed by atoms with E-state index in [1.54, 1.807) is 0 Å². The molecule has 6 heteroatoms. The van der Waals surface area contributed by atoms with Gasteiger partial charge in [0.1, 0.15) is 0 Å². The first kappa shape index (κ1) is 15.1. The van der Waals surface area contributed by atoms with Crippen molar-refractivity contribution in [1.82, 2.24) is 15.3 Å². The van der Waals surface area contributed by atoms with Crippen molar-refractivity contribution >= 4 is 33.3 Å². The molecule has 5 nitrogen and oxygen atoms in total. The number of hydrogen-bond acceptors (Lipinski definition) is 6. The van der Waals surface area contributed by atoms with Gasteiger partial charge >= 0.3 is 0 Å². The van der Waals surface area contributed by atoms with E-state index in [2.05, 4.69) is 34.0 Å². The minimum atomic E-state index is 0.353. The topological polar surface area (TPSA) is 67.1 Å². The molecule has 0 radical (unpaired) electrons. The van der Waals surface area contributed by atoms with E-state index in [1.165, 1.54) is 21.6 Å². The van der Waals surface area contributed by atoms with Crippen LogP contribution in [0, 0.1) is 5.41 Å². The fourth-order valence-corrected chi connectivity index (χ4v) is 5.15. The number of nitrogen functional groups attached to an aromatic ring is 1. The number of hydrogen-bond donors (Lipinski definition) is 2. The normalized spacial score (nSPS) is 23.4. The van der Waals surface area contributed by atoms with Gasteiger partial charge in [-0.05, 0) is 43.7 Å². The largest absolute Gasteiger partial charge is 0.368 e. The first-order chi connectivity index (χ1) is 11.0. The summed E-state index contributed by atoms with van der Waals surface area (Å²) >= 11 is 1.89. The molecular weight excluding hydrogens is 306 g/mol. The number of nitrogens with two attached hydrogens (primary N) is 1. The average molecular weight is 331 g/mol. The molecule has 0 spiro atoms. The molecule has 4 rings (SSSR count). The molecule has 2 aliphatic rings. The van der Waals surface area contributed by atoms with E-state index in [0.29, 0.717) is 17.4 Å². The highest BCUT2D eigenvalue weighted by atomic mass is 32.1. The van der Waals surface area contributed by atoms with Gasteiger partial charge < -0.3 is 16.0 Å². The molecule has 2 aromatic heterocycles. The Morgan fingerprint density at radius 3 is 2.91 bits per heavy atom. The minimum Gasteiger partial charge on any atom is -0.368 e. The van der Waals surface area contributed by atoms with Crippen molar-refractivity contribution in [3.05, 3.63) is 10.4 Å². The summed E-state index contributed by atoms with van der Waals surface area (Å²) in [5.74, 6) is 1.45. The number of aromatic nitrogens is 2. The number of nitrogens with one attached hydrogen (secondary N) is 1. The van der Waals surface area contributed by atoms with E-state index < -0.39 is 0 Å². The van der Waals surface area contributed by atoms with Gasteiger partial charge in [-0.1, -0.05) is 13.8 Å². The second-order valence-electron chi connectivity index (χ2n) is 7.65. The fourth-order valence-electron chi connectivity index (χ4n) is 3.88. The summed E-state index contributed by atoms with van der Waals surface area (Å²) in [6.07, 6.45) is 4.65. The van der Waals surface area contributed by atoms with E-state index in [9.17, 15) is 0 Å². The SMILES string of the molecule is CN[C@H]1CCN(c2nc(N)nc3c4c(sc23)CCC(C)(C)C4)C1. The van der Waals surface area contributed by atoms with Crippen molar-refractivity contribution in [2.75, 3.05) is 30.8 Å². The summed E-state index contributed by atoms with van der Waals surface area (Å²) < 4.78 is 1.23. The van der Waals surface area contributed by atoms with Gasteiger partial charge in [-0.15, -0.1) is 11.3 Å². The third-order valence-electron chi connectivity index (χ3n) is 5.29. The molecule has 3 heterocycles. The van der Waals surface area contributed by atoms with Crippen molar-refractivity contribution in [2.45, 2.75) is 45.6 Å². The lowest BCUT2D eigenvalue weighted by Gasteiger charge is -2.29. The molecule has 0 aromatic carbocycles. The second kappa shape index (κ2) is 5.31. The number of nitrogens with zero attached hydrogens (tertiary/aromatic N) is 3. The smallest absolute Gasteiger partial charge is 0.222 e. The minimum absolute atomic E-state index is 0.353. The van der Waals surface area contributed by atoms with Gasteiger partial charge in [0.2, 0.25) is 5.95 Å². The van der Waals surface area contributed by atoms with Crippen molar-refractivity contribution in [3.8, 4) is 0 Å². The quantitative estimate of drug-likeness (QED) is 0.885. The Hall–Kier alpha value is -1.40. The second-order valence-corrected chi connectivity index (χ2v) is 8.75. The van der Waals surface area contributed by atoms with Crippen LogP contribution in [-0.4, -0.2) is 36.1 Å². The lowest BCUT2D eigenvalue weighted by Crippen LogP contribution is -2.30. The maximum absolute atomic E-state index is 6.06. The van der Waals surface area contributed by atoms with Crippen molar-refractivity contribution in [1.29, 1.82) is 0 Å². The van der Waals surface area contributed by atoms with E-state index in [4.69, 9.17) is 5.73 Å². The average Bonchev–Trinajstić information content (AvgIpc) is 3.10. The zero-order valence-corrected chi connectivity index (χ0v) is 15.0. The highest BCUT2D eigenvalue weighted by Crippen LogP contribution is 2.44. The van der Waals surface area contributed by atoms with Gasteiger partial charge in [-0.2, -0.15) is 4.98 Å². The molecule has 0 bridgehead atoms. The lowest BCUT2D eigenvalue weighted by atomic mass is 9.77. The van der Waals surface area contributed by atoms with Crippen LogP contribution < -0.4 is 16.0 Å². The number of likely N-dealkylation sites (N-methyl/N-ethyl adjacent to an activating group) is 1. The number of aryl methyl sites for hydroxylation is 1. The Morgan fingerprint density at radius 2 is 2.17 bits per heavy atom. The number of rotatable bonds is 2. The first-order valence-electron chi connectivity index (χ1n) is 8.47. The molecule has 23 heavy (non-hydrogen) atoms. The van der Waals surface area contributed by atoms with Crippen LogP contribution in [0.15, 0.2) is 0 Å². The Morgan fingerprint density at radius 1 is 1.35 bits per heavy atom. The maximum Gasteiger partial charge on any atom is 0.222 e. The molecule has 0 unspecified atom stereocenters. The van der Waals surface area contributed by atoms with Crippen LogP contribution >= 0.6 is 11.3 Å². The number of anilines is 2. The summed E-state index contributed by atoms with van der Waals surface area (Å²) in [7, 11) is 2.03. The van der Waals surface area contributed by atoms with Gasteiger partial charge in [-0.3, -0.25) is 0 Å². The van der Waals surface area contributed by atoms with Gasteiger partial charge in [0.05, 0.1) is 10.2 Å². The van der Waals surface area contributed by atoms with Crippen molar-refractivity contribution < 1.29 is 0 Å². The van der Waals surface area contributed by atoms with E-state index in [1.807, 2.05) is 18.4 Å². The Labute approximate surface area is 141 Å². The zero-order valence-electron chi connectivity index (χ0n) is 14.1. The maximum atomic E-state index is 6.06. The predicted octanol–water partition coefficient (Wildman–Crippen LogP) is 2.59. The molecular formula is C17H25N5S. The number of thiophene rings is 1. The molecule has 124 valence electrons. The Kier molecular flexibility index (Phi) is 3.50. The highest BCUT2D eigenvalue weighted by molar-refractivity contribution is 7.19. The fraction of sp³-hybridized carbons (Fsp3) is 0.647. The summed E-state index contributed by atoms with van der Waals surface area (Å²) in [6.45, 7) is 6.73. The van der Waals surface area contributed by atoms with Gasteiger partial charge in [0.25, 0.3) is 0 Å². The Bertz CT molecular complexity index is 751. The lowest BCUT2D eigenvalue weighted by molar-refractivity contribution is 0.319. The summed E-state index contributed by atoms with van der Waals surface area (Å²) in [5.41, 5.74) is 8.93. The van der Waals surface area contributed by atoms with Crippen LogP contribution in [0.4, 0.5) is 11.8 Å². The standard InChI is InChI=1S/C17H25N5S/c1-17(2)6-4-12-11(8-17)13-14(23-12)15(21-16(18)20-13)22-7-5-10(9-22)19-3/h10,19H,4-9H2,1-3H3,(H2,18,20,21)/t10-/m0/s1. The third-order valence-corrected chi connectivity index (χ3v) is 6.57.